The maximum atomic E-state index is 5.94. The molecule has 0 aliphatic carbocycles. The number of benzene rings is 1. The molecule has 114 valence electrons. The fourth-order valence-corrected chi connectivity index (χ4v) is 3.15. The van der Waals surface area contributed by atoms with E-state index in [0.717, 1.165) is 19.4 Å². The first-order valence-electron chi connectivity index (χ1n) is 7.64. The molecular formula is C17H28ClNO. The largest absolute Gasteiger partial charge is 0.373 e. The summed E-state index contributed by atoms with van der Waals surface area (Å²) in [7, 11) is 1.85. The molecule has 0 saturated carbocycles. The number of methoxy groups -OCH3 is 1. The Morgan fingerprint density at radius 1 is 1.10 bits per heavy atom. The van der Waals surface area contributed by atoms with E-state index in [1.807, 2.05) is 7.11 Å². The predicted octanol–water partition coefficient (Wildman–Crippen LogP) is 4.24. The Morgan fingerprint density at radius 3 is 2.30 bits per heavy atom. The first-order chi connectivity index (χ1) is 9.30. The van der Waals surface area contributed by atoms with E-state index in [-0.39, 0.29) is 18.0 Å². The average molecular weight is 298 g/mol. The van der Waals surface area contributed by atoms with Gasteiger partial charge in [-0.2, -0.15) is 0 Å². The van der Waals surface area contributed by atoms with E-state index in [9.17, 15) is 0 Å². The van der Waals surface area contributed by atoms with Gasteiger partial charge in [0.15, 0.2) is 0 Å². The smallest absolute Gasteiger partial charge is 0.0937 e. The molecule has 0 N–H and O–H groups in total. The molecular weight excluding hydrogens is 270 g/mol. The van der Waals surface area contributed by atoms with Crippen molar-refractivity contribution in [1.82, 2.24) is 4.90 Å². The second-order valence-corrected chi connectivity index (χ2v) is 5.57. The Morgan fingerprint density at radius 2 is 1.75 bits per heavy atom. The predicted molar refractivity (Wildman–Crippen MR) is 87.6 cm³/mol. The molecule has 1 saturated heterocycles. The van der Waals surface area contributed by atoms with E-state index in [2.05, 4.69) is 42.2 Å². The highest BCUT2D eigenvalue weighted by atomic mass is 35.5. The van der Waals surface area contributed by atoms with Crippen LogP contribution in [0.5, 0.6) is 0 Å². The molecule has 1 heterocycles. The van der Waals surface area contributed by atoms with Crippen LogP contribution in [-0.2, 0) is 10.3 Å². The van der Waals surface area contributed by atoms with Crippen LogP contribution in [0.25, 0.3) is 0 Å². The van der Waals surface area contributed by atoms with Gasteiger partial charge in [0.25, 0.3) is 0 Å². The molecule has 1 aliphatic rings. The van der Waals surface area contributed by atoms with Crippen molar-refractivity contribution in [2.45, 2.75) is 44.6 Å². The van der Waals surface area contributed by atoms with Gasteiger partial charge in [-0.15, -0.1) is 12.4 Å². The number of ether oxygens (including phenoxy) is 1. The third-order valence-electron chi connectivity index (χ3n) is 4.54. The maximum absolute atomic E-state index is 5.94. The molecule has 2 rings (SSSR count). The van der Waals surface area contributed by atoms with Gasteiger partial charge in [-0.3, -0.25) is 0 Å². The Bertz CT molecular complexity index is 359. The van der Waals surface area contributed by atoms with Crippen LogP contribution in [0.15, 0.2) is 30.3 Å². The quantitative estimate of drug-likeness (QED) is 0.779. The zero-order chi connectivity index (χ0) is 13.6. The number of hydrogen-bond donors (Lipinski definition) is 0. The minimum Gasteiger partial charge on any atom is -0.373 e. The van der Waals surface area contributed by atoms with E-state index in [4.69, 9.17) is 4.74 Å². The first-order valence-corrected chi connectivity index (χ1v) is 7.64. The van der Waals surface area contributed by atoms with Gasteiger partial charge >= 0.3 is 0 Å². The summed E-state index contributed by atoms with van der Waals surface area (Å²) in [5, 5.41) is 0. The van der Waals surface area contributed by atoms with E-state index in [1.165, 1.54) is 37.9 Å². The summed E-state index contributed by atoms with van der Waals surface area (Å²) in [6, 6.07) is 10.7. The van der Waals surface area contributed by atoms with Crippen molar-refractivity contribution in [3.8, 4) is 0 Å². The SMILES string of the molecule is CCC(CCN1CCCCC1)(OC)c1ccccc1.Cl. The molecule has 1 aromatic carbocycles. The lowest BCUT2D eigenvalue weighted by Crippen LogP contribution is -2.37. The molecule has 1 aromatic rings. The Kier molecular flexibility index (Phi) is 7.57. The van der Waals surface area contributed by atoms with E-state index >= 15 is 0 Å². The number of nitrogens with zero attached hydrogens (tertiary/aromatic N) is 1. The van der Waals surface area contributed by atoms with E-state index in [0.29, 0.717) is 0 Å². The molecule has 1 fully saturated rings. The highest BCUT2D eigenvalue weighted by Crippen LogP contribution is 2.32. The van der Waals surface area contributed by atoms with Gasteiger partial charge in [0.2, 0.25) is 0 Å². The highest BCUT2D eigenvalue weighted by Gasteiger charge is 2.30. The number of halogens is 1. The maximum Gasteiger partial charge on any atom is 0.0937 e. The molecule has 2 nitrogen and oxygen atoms in total. The standard InChI is InChI=1S/C17H27NO.ClH/c1-3-17(19-2,16-10-6-4-7-11-16)12-15-18-13-8-5-9-14-18;/h4,6-7,10-11H,3,5,8-9,12-15H2,1-2H3;1H. The summed E-state index contributed by atoms with van der Waals surface area (Å²) in [4.78, 5) is 2.59. The van der Waals surface area contributed by atoms with Gasteiger partial charge in [-0.25, -0.2) is 0 Å². The molecule has 20 heavy (non-hydrogen) atoms. The molecule has 0 bridgehead atoms. The average Bonchev–Trinajstić information content (AvgIpc) is 2.51. The van der Waals surface area contributed by atoms with Crippen LogP contribution >= 0.6 is 12.4 Å². The van der Waals surface area contributed by atoms with Crippen LogP contribution < -0.4 is 0 Å². The van der Waals surface area contributed by atoms with Crippen LogP contribution in [0.3, 0.4) is 0 Å². The topological polar surface area (TPSA) is 12.5 Å². The lowest BCUT2D eigenvalue weighted by Gasteiger charge is -2.35. The van der Waals surface area contributed by atoms with Gasteiger partial charge < -0.3 is 9.64 Å². The normalized spacial score (nSPS) is 19.1. The molecule has 1 unspecified atom stereocenters. The van der Waals surface area contributed by atoms with Crippen LogP contribution in [0.1, 0.15) is 44.6 Å². The molecule has 3 heteroatoms. The minimum absolute atomic E-state index is 0. The molecule has 0 amide bonds. The number of likely N-dealkylation sites (tertiary alicyclic amines) is 1. The Hall–Kier alpha value is -0.570. The molecule has 0 spiro atoms. The van der Waals surface area contributed by atoms with E-state index < -0.39 is 0 Å². The summed E-state index contributed by atoms with van der Waals surface area (Å²) in [6.45, 7) is 5.90. The summed E-state index contributed by atoms with van der Waals surface area (Å²) in [5.74, 6) is 0. The van der Waals surface area contributed by atoms with Crippen molar-refractivity contribution in [2.75, 3.05) is 26.7 Å². The fraction of sp³-hybridized carbons (Fsp3) is 0.647. The van der Waals surface area contributed by atoms with Crippen LogP contribution in [-0.4, -0.2) is 31.6 Å². The van der Waals surface area contributed by atoms with Crippen molar-refractivity contribution in [2.24, 2.45) is 0 Å². The van der Waals surface area contributed by atoms with Crippen LogP contribution in [0, 0.1) is 0 Å². The summed E-state index contributed by atoms with van der Waals surface area (Å²) in [5.41, 5.74) is 1.20. The van der Waals surface area contributed by atoms with Gasteiger partial charge in [-0.05, 0) is 44.3 Å². The Labute approximate surface area is 129 Å². The van der Waals surface area contributed by atoms with Gasteiger partial charge in [0.1, 0.15) is 0 Å². The summed E-state index contributed by atoms with van der Waals surface area (Å²) < 4.78 is 5.94. The molecule has 1 aliphatic heterocycles. The van der Waals surface area contributed by atoms with Crippen molar-refractivity contribution < 1.29 is 4.74 Å². The Balaban J connectivity index is 0.00000200. The third kappa shape index (κ3) is 4.21. The lowest BCUT2D eigenvalue weighted by molar-refractivity contribution is -0.0331. The second kappa shape index (κ2) is 8.66. The summed E-state index contributed by atoms with van der Waals surface area (Å²) >= 11 is 0. The zero-order valence-corrected chi connectivity index (χ0v) is 13.6. The van der Waals surface area contributed by atoms with Crippen molar-refractivity contribution in [3.05, 3.63) is 35.9 Å². The minimum atomic E-state index is -0.112. The number of hydrogen-bond acceptors (Lipinski definition) is 2. The molecule has 1 atom stereocenters. The number of piperidine rings is 1. The van der Waals surface area contributed by atoms with Gasteiger partial charge in [0, 0.05) is 13.7 Å². The summed E-state index contributed by atoms with van der Waals surface area (Å²) in [6.07, 6.45) is 6.23. The highest BCUT2D eigenvalue weighted by molar-refractivity contribution is 5.85. The van der Waals surface area contributed by atoms with Gasteiger partial charge in [-0.1, -0.05) is 43.7 Å². The van der Waals surface area contributed by atoms with E-state index in [1.54, 1.807) is 0 Å². The second-order valence-electron chi connectivity index (χ2n) is 5.57. The zero-order valence-electron chi connectivity index (χ0n) is 12.8. The monoisotopic (exact) mass is 297 g/mol. The van der Waals surface area contributed by atoms with Crippen LogP contribution in [0.2, 0.25) is 0 Å². The lowest BCUT2D eigenvalue weighted by atomic mass is 9.87. The third-order valence-corrected chi connectivity index (χ3v) is 4.54. The van der Waals surface area contributed by atoms with Crippen molar-refractivity contribution in [1.29, 1.82) is 0 Å². The fourth-order valence-electron chi connectivity index (χ4n) is 3.15. The molecule has 0 radical (unpaired) electrons. The van der Waals surface area contributed by atoms with Gasteiger partial charge in [0.05, 0.1) is 5.60 Å². The number of rotatable bonds is 6. The van der Waals surface area contributed by atoms with Crippen LogP contribution in [0.4, 0.5) is 0 Å². The molecule has 0 aromatic heterocycles. The van der Waals surface area contributed by atoms with Crippen molar-refractivity contribution >= 4 is 12.4 Å². The first kappa shape index (κ1) is 17.5. The van der Waals surface area contributed by atoms with Crippen molar-refractivity contribution in [3.63, 3.8) is 0 Å².